The van der Waals surface area contributed by atoms with Gasteiger partial charge in [0.05, 0.1) is 6.54 Å². The van der Waals surface area contributed by atoms with Gasteiger partial charge in [-0.25, -0.2) is 0 Å². The van der Waals surface area contributed by atoms with Crippen LogP contribution in [-0.2, 0) is 16.1 Å². The van der Waals surface area contributed by atoms with Crippen molar-refractivity contribution in [3.63, 3.8) is 0 Å². The van der Waals surface area contributed by atoms with Crippen LogP contribution in [0.5, 0.6) is 0 Å². The lowest BCUT2D eigenvalue weighted by Crippen LogP contribution is -2.31. The Balaban J connectivity index is 1.78. The van der Waals surface area contributed by atoms with Gasteiger partial charge in [-0.05, 0) is 50.1 Å². The number of benzene rings is 2. The van der Waals surface area contributed by atoms with Gasteiger partial charge < -0.3 is 4.90 Å². The molecule has 0 saturated carbocycles. The van der Waals surface area contributed by atoms with E-state index in [0.29, 0.717) is 12.1 Å². The van der Waals surface area contributed by atoms with E-state index in [9.17, 15) is 14.4 Å². The summed E-state index contributed by atoms with van der Waals surface area (Å²) in [5.74, 6) is -0.330. The van der Waals surface area contributed by atoms with Gasteiger partial charge in [0.15, 0.2) is 0 Å². The Morgan fingerprint density at radius 3 is 2.19 bits per heavy atom. The van der Waals surface area contributed by atoms with E-state index in [2.05, 4.69) is 6.07 Å². The topological polar surface area (TPSA) is 57.7 Å². The highest BCUT2D eigenvalue weighted by Gasteiger charge is 2.28. The largest absolute Gasteiger partial charge is 0.308 e. The number of carbonyl (C=O) groups excluding carboxylic acids is 3. The highest BCUT2D eigenvalue weighted by Crippen LogP contribution is 2.23. The van der Waals surface area contributed by atoms with Crippen molar-refractivity contribution in [2.45, 2.75) is 40.2 Å². The van der Waals surface area contributed by atoms with Crippen LogP contribution in [0.25, 0.3) is 0 Å². The summed E-state index contributed by atoms with van der Waals surface area (Å²) in [6.07, 6.45) is 0.577. The van der Waals surface area contributed by atoms with Gasteiger partial charge in [-0.2, -0.15) is 0 Å². The maximum absolute atomic E-state index is 13.0. The molecule has 1 saturated heterocycles. The molecule has 0 atom stereocenters. The third-order valence-electron chi connectivity index (χ3n) is 4.90. The minimum absolute atomic E-state index is 0.0654. The Bertz CT molecular complexity index is 871. The van der Waals surface area contributed by atoms with E-state index in [0.717, 1.165) is 22.4 Å². The molecule has 0 spiro atoms. The Morgan fingerprint density at radius 2 is 1.63 bits per heavy atom. The SMILES string of the molecule is CCN(C(=O)c1ccc(CN2C(=O)CCC2=O)cc1)c1ccc(C)cc1C. The average molecular weight is 364 g/mol. The highest BCUT2D eigenvalue weighted by atomic mass is 16.2. The number of anilines is 1. The molecule has 2 aromatic rings. The number of carbonyl (C=O) groups is 3. The number of imide groups is 1. The first-order valence-electron chi connectivity index (χ1n) is 9.22. The van der Waals surface area contributed by atoms with E-state index >= 15 is 0 Å². The summed E-state index contributed by atoms with van der Waals surface area (Å²) >= 11 is 0. The molecule has 5 nitrogen and oxygen atoms in total. The van der Waals surface area contributed by atoms with E-state index in [4.69, 9.17) is 0 Å². The normalized spacial score (nSPS) is 14.0. The van der Waals surface area contributed by atoms with E-state index in [1.165, 1.54) is 4.90 Å². The molecule has 0 bridgehead atoms. The first-order chi connectivity index (χ1) is 12.9. The molecule has 0 unspecified atom stereocenters. The minimum atomic E-state index is -0.132. The molecule has 1 aliphatic heterocycles. The summed E-state index contributed by atoms with van der Waals surface area (Å²) < 4.78 is 0. The fourth-order valence-corrected chi connectivity index (χ4v) is 3.42. The molecule has 3 amide bonds. The molecule has 140 valence electrons. The zero-order chi connectivity index (χ0) is 19.6. The first-order valence-corrected chi connectivity index (χ1v) is 9.22. The maximum Gasteiger partial charge on any atom is 0.258 e. The van der Waals surface area contributed by atoms with Crippen molar-refractivity contribution in [3.8, 4) is 0 Å². The predicted molar refractivity (Wildman–Crippen MR) is 104 cm³/mol. The number of aryl methyl sites for hydroxylation is 2. The fourth-order valence-electron chi connectivity index (χ4n) is 3.42. The smallest absolute Gasteiger partial charge is 0.258 e. The number of nitrogens with zero attached hydrogens (tertiary/aromatic N) is 2. The number of likely N-dealkylation sites (tertiary alicyclic amines) is 1. The predicted octanol–water partition coefficient (Wildman–Crippen LogP) is 3.62. The Kier molecular flexibility index (Phi) is 5.40. The lowest BCUT2D eigenvalue weighted by molar-refractivity contribution is -0.139. The third-order valence-corrected chi connectivity index (χ3v) is 4.90. The van der Waals surface area contributed by atoms with Gasteiger partial charge in [-0.15, -0.1) is 0 Å². The van der Waals surface area contributed by atoms with Gasteiger partial charge >= 0.3 is 0 Å². The van der Waals surface area contributed by atoms with Crippen molar-refractivity contribution in [1.82, 2.24) is 4.90 Å². The van der Waals surface area contributed by atoms with Crippen LogP contribution >= 0.6 is 0 Å². The van der Waals surface area contributed by atoms with Crippen LogP contribution in [-0.4, -0.2) is 29.2 Å². The van der Waals surface area contributed by atoms with Crippen LogP contribution < -0.4 is 4.90 Å². The summed E-state index contributed by atoms with van der Waals surface area (Å²) in [5.41, 5.74) is 4.55. The first kappa shape index (κ1) is 18.8. The van der Waals surface area contributed by atoms with Crippen LogP contribution in [0.4, 0.5) is 5.69 Å². The van der Waals surface area contributed by atoms with Crippen LogP contribution in [0.15, 0.2) is 42.5 Å². The standard InChI is InChI=1S/C22H24N2O3/c1-4-23(19-10-5-15(2)13-16(19)3)22(27)18-8-6-17(7-9-18)14-24-20(25)11-12-21(24)26/h5-10,13H,4,11-12,14H2,1-3H3. The van der Waals surface area contributed by atoms with E-state index in [1.54, 1.807) is 17.0 Å². The summed E-state index contributed by atoms with van der Waals surface area (Å²) in [6.45, 7) is 6.83. The van der Waals surface area contributed by atoms with Gasteiger partial charge in [-0.1, -0.05) is 29.8 Å². The van der Waals surface area contributed by atoms with Crippen LogP contribution in [0.2, 0.25) is 0 Å². The van der Waals surface area contributed by atoms with Crippen molar-refractivity contribution >= 4 is 23.4 Å². The zero-order valence-corrected chi connectivity index (χ0v) is 16.0. The third kappa shape index (κ3) is 3.92. The number of rotatable bonds is 5. The highest BCUT2D eigenvalue weighted by molar-refractivity contribution is 6.06. The molecule has 5 heteroatoms. The maximum atomic E-state index is 13.0. The Hall–Kier alpha value is -2.95. The van der Waals surface area contributed by atoms with Crippen molar-refractivity contribution in [3.05, 3.63) is 64.7 Å². The van der Waals surface area contributed by atoms with Crippen LogP contribution in [0, 0.1) is 13.8 Å². The van der Waals surface area contributed by atoms with Gasteiger partial charge in [0.1, 0.15) is 0 Å². The second-order valence-corrected chi connectivity index (χ2v) is 6.91. The second kappa shape index (κ2) is 7.74. The van der Waals surface area contributed by atoms with Gasteiger partial charge in [0.2, 0.25) is 11.8 Å². The summed E-state index contributed by atoms with van der Waals surface area (Å²) in [5, 5.41) is 0. The van der Waals surface area contributed by atoms with Crippen molar-refractivity contribution in [2.24, 2.45) is 0 Å². The van der Waals surface area contributed by atoms with Gasteiger partial charge in [-0.3, -0.25) is 19.3 Å². The van der Waals surface area contributed by atoms with Gasteiger partial charge in [0, 0.05) is 30.6 Å². The molecule has 0 aliphatic carbocycles. The fraction of sp³-hybridized carbons (Fsp3) is 0.318. The van der Waals surface area contributed by atoms with E-state index in [1.807, 2.05) is 45.0 Å². The monoisotopic (exact) mass is 364 g/mol. The van der Waals surface area contributed by atoms with Crippen molar-refractivity contribution in [1.29, 1.82) is 0 Å². The molecule has 3 rings (SSSR count). The number of hydrogen-bond acceptors (Lipinski definition) is 3. The molecule has 0 radical (unpaired) electrons. The lowest BCUT2D eigenvalue weighted by atomic mass is 10.1. The molecular formula is C22H24N2O3. The second-order valence-electron chi connectivity index (χ2n) is 6.91. The lowest BCUT2D eigenvalue weighted by Gasteiger charge is -2.23. The summed E-state index contributed by atoms with van der Waals surface area (Å²) in [7, 11) is 0. The average Bonchev–Trinajstić information content (AvgIpc) is 2.96. The van der Waals surface area contributed by atoms with Crippen LogP contribution in [0.3, 0.4) is 0 Å². The van der Waals surface area contributed by atoms with E-state index in [-0.39, 0.29) is 37.1 Å². The Morgan fingerprint density at radius 1 is 1.00 bits per heavy atom. The zero-order valence-electron chi connectivity index (χ0n) is 16.0. The van der Waals surface area contributed by atoms with Crippen molar-refractivity contribution < 1.29 is 14.4 Å². The number of hydrogen-bond donors (Lipinski definition) is 0. The molecule has 27 heavy (non-hydrogen) atoms. The molecule has 0 aromatic heterocycles. The quantitative estimate of drug-likeness (QED) is 0.762. The molecule has 1 aliphatic rings. The van der Waals surface area contributed by atoms with Gasteiger partial charge in [0.25, 0.3) is 5.91 Å². The van der Waals surface area contributed by atoms with Crippen LogP contribution in [0.1, 0.15) is 46.8 Å². The molecular weight excluding hydrogens is 340 g/mol. The van der Waals surface area contributed by atoms with Crippen molar-refractivity contribution in [2.75, 3.05) is 11.4 Å². The molecule has 1 heterocycles. The Labute approximate surface area is 159 Å². The number of amides is 3. The molecule has 2 aromatic carbocycles. The minimum Gasteiger partial charge on any atom is -0.308 e. The summed E-state index contributed by atoms with van der Waals surface area (Å²) in [4.78, 5) is 39.5. The molecule has 1 fully saturated rings. The molecule has 0 N–H and O–H groups in total. The summed E-state index contributed by atoms with van der Waals surface area (Å²) in [6, 6.07) is 13.2. The van der Waals surface area contributed by atoms with E-state index < -0.39 is 0 Å².